The summed E-state index contributed by atoms with van der Waals surface area (Å²) in [6, 6.07) is 3.14. The van der Waals surface area contributed by atoms with E-state index >= 15 is 0 Å². The third kappa shape index (κ3) is 3.46. The van der Waals surface area contributed by atoms with Gasteiger partial charge in [0.25, 0.3) is 5.91 Å². The normalized spacial score (nSPS) is 20.1. The first-order chi connectivity index (χ1) is 9.22. The molecule has 1 aromatic rings. The number of rotatable bonds is 3. The summed E-state index contributed by atoms with van der Waals surface area (Å²) in [5.74, 6) is 0.567. The Morgan fingerprint density at radius 2 is 2.32 bits per heavy atom. The number of likely N-dealkylation sites (tertiary alicyclic amines) is 1. The summed E-state index contributed by atoms with van der Waals surface area (Å²) in [4.78, 5) is 18.2. The Bertz CT molecular complexity index is 434. The molecule has 1 aliphatic heterocycles. The van der Waals surface area contributed by atoms with Gasteiger partial charge in [-0.15, -0.1) is 0 Å². The minimum absolute atomic E-state index is 0.0261. The lowest BCUT2D eigenvalue weighted by atomic mass is 9.96. The number of carbonyl (C=O) groups is 1. The summed E-state index contributed by atoms with van der Waals surface area (Å²) in [5.41, 5.74) is 0.177. The number of carbonyl (C=O) groups excluding carboxylic acids is 1. The van der Waals surface area contributed by atoms with Crippen molar-refractivity contribution in [1.82, 2.24) is 9.88 Å². The SMILES string of the molecule is CCCC1CCCN(C(=O)c2ncccc2O)CC1. The number of aromatic hydroxyl groups is 1. The highest BCUT2D eigenvalue weighted by Gasteiger charge is 2.23. The van der Waals surface area contributed by atoms with Crippen LogP contribution >= 0.6 is 0 Å². The number of aromatic nitrogens is 1. The fourth-order valence-electron chi connectivity index (χ4n) is 2.78. The van der Waals surface area contributed by atoms with E-state index in [0.717, 1.165) is 31.8 Å². The van der Waals surface area contributed by atoms with E-state index in [1.54, 1.807) is 12.3 Å². The molecule has 0 radical (unpaired) electrons. The largest absolute Gasteiger partial charge is 0.505 e. The second-order valence-electron chi connectivity index (χ2n) is 5.25. The Kier molecular flexibility index (Phi) is 4.77. The van der Waals surface area contributed by atoms with Crippen LogP contribution in [0.25, 0.3) is 0 Å². The second kappa shape index (κ2) is 6.55. The van der Waals surface area contributed by atoms with Crippen LogP contribution in [0.3, 0.4) is 0 Å². The molecule has 1 amide bonds. The second-order valence-corrected chi connectivity index (χ2v) is 5.25. The Morgan fingerprint density at radius 1 is 1.47 bits per heavy atom. The highest BCUT2D eigenvalue weighted by Crippen LogP contribution is 2.24. The van der Waals surface area contributed by atoms with Gasteiger partial charge in [0, 0.05) is 19.3 Å². The Morgan fingerprint density at radius 3 is 3.05 bits per heavy atom. The lowest BCUT2D eigenvalue weighted by Gasteiger charge is -2.20. The number of nitrogens with zero attached hydrogens (tertiary/aromatic N) is 2. The van der Waals surface area contributed by atoms with Gasteiger partial charge in [0.2, 0.25) is 0 Å². The summed E-state index contributed by atoms with van der Waals surface area (Å²) in [5, 5.41) is 9.71. The average Bonchev–Trinajstić information content (AvgIpc) is 2.65. The van der Waals surface area contributed by atoms with E-state index < -0.39 is 0 Å². The summed E-state index contributed by atoms with van der Waals surface area (Å²) >= 11 is 0. The van der Waals surface area contributed by atoms with Gasteiger partial charge in [-0.1, -0.05) is 19.8 Å². The van der Waals surface area contributed by atoms with E-state index in [2.05, 4.69) is 11.9 Å². The van der Waals surface area contributed by atoms with Crippen LogP contribution < -0.4 is 0 Å². The maximum Gasteiger partial charge on any atom is 0.276 e. The van der Waals surface area contributed by atoms with Crippen LogP contribution in [0.1, 0.15) is 49.5 Å². The zero-order chi connectivity index (χ0) is 13.7. The van der Waals surface area contributed by atoms with Crippen LogP contribution in [0.5, 0.6) is 5.75 Å². The summed E-state index contributed by atoms with van der Waals surface area (Å²) in [6.07, 6.45) is 7.31. The van der Waals surface area contributed by atoms with Crippen LogP contribution in [0.4, 0.5) is 0 Å². The molecule has 1 saturated heterocycles. The minimum Gasteiger partial charge on any atom is -0.505 e. The molecule has 1 aromatic heterocycles. The molecule has 1 fully saturated rings. The van der Waals surface area contributed by atoms with Gasteiger partial charge >= 0.3 is 0 Å². The Labute approximate surface area is 114 Å². The number of amides is 1. The summed E-state index contributed by atoms with van der Waals surface area (Å²) < 4.78 is 0. The lowest BCUT2D eigenvalue weighted by Crippen LogP contribution is -2.32. The van der Waals surface area contributed by atoms with Gasteiger partial charge in [-0.25, -0.2) is 4.98 Å². The molecular weight excluding hydrogens is 240 g/mol. The molecule has 4 heteroatoms. The first-order valence-corrected chi connectivity index (χ1v) is 7.15. The van der Waals surface area contributed by atoms with Crippen LogP contribution in [0.15, 0.2) is 18.3 Å². The number of pyridine rings is 1. The van der Waals surface area contributed by atoms with Crippen molar-refractivity contribution in [2.24, 2.45) is 5.92 Å². The Hall–Kier alpha value is -1.58. The molecule has 1 atom stereocenters. The highest BCUT2D eigenvalue weighted by molar-refractivity contribution is 5.94. The van der Waals surface area contributed by atoms with Crippen molar-refractivity contribution in [1.29, 1.82) is 0 Å². The molecule has 0 aromatic carbocycles. The molecule has 104 valence electrons. The smallest absolute Gasteiger partial charge is 0.276 e. The molecule has 1 N–H and O–H groups in total. The van der Waals surface area contributed by atoms with Crippen molar-refractivity contribution in [2.75, 3.05) is 13.1 Å². The van der Waals surface area contributed by atoms with E-state index in [9.17, 15) is 9.90 Å². The van der Waals surface area contributed by atoms with E-state index in [4.69, 9.17) is 0 Å². The van der Waals surface area contributed by atoms with Crippen molar-refractivity contribution in [3.63, 3.8) is 0 Å². The van der Waals surface area contributed by atoms with Gasteiger partial charge in [-0.05, 0) is 37.3 Å². The van der Waals surface area contributed by atoms with Gasteiger partial charge in [0.1, 0.15) is 5.75 Å². The predicted octanol–water partition coefficient (Wildman–Crippen LogP) is 2.83. The predicted molar refractivity (Wildman–Crippen MR) is 74.1 cm³/mol. The maximum atomic E-state index is 12.3. The lowest BCUT2D eigenvalue weighted by molar-refractivity contribution is 0.0750. The zero-order valence-corrected chi connectivity index (χ0v) is 11.5. The topological polar surface area (TPSA) is 53.4 Å². The van der Waals surface area contributed by atoms with Crippen molar-refractivity contribution in [3.8, 4) is 5.75 Å². The molecule has 4 nitrogen and oxygen atoms in total. The van der Waals surface area contributed by atoms with Gasteiger partial charge in [-0.3, -0.25) is 4.79 Å². The number of hydrogen-bond acceptors (Lipinski definition) is 3. The molecule has 0 bridgehead atoms. The van der Waals surface area contributed by atoms with E-state index in [1.807, 2.05) is 4.90 Å². The van der Waals surface area contributed by atoms with Gasteiger partial charge in [-0.2, -0.15) is 0 Å². The number of hydrogen-bond donors (Lipinski definition) is 1. The summed E-state index contributed by atoms with van der Waals surface area (Å²) in [6.45, 7) is 3.76. The molecule has 0 spiro atoms. The molecule has 1 unspecified atom stereocenters. The van der Waals surface area contributed by atoms with Gasteiger partial charge in [0.15, 0.2) is 5.69 Å². The van der Waals surface area contributed by atoms with Crippen LogP contribution in [-0.2, 0) is 0 Å². The van der Waals surface area contributed by atoms with Crippen molar-refractivity contribution >= 4 is 5.91 Å². The van der Waals surface area contributed by atoms with Crippen molar-refractivity contribution < 1.29 is 9.90 Å². The third-order valence-electron chi connectivity index (χ3n) is 3.82. The molecule has 19 heavy (non-hydrogen) atoms. The molecule has 1 aliphatic rings. The minimum atomic E-state index is -0.143. The monoisotopic (exact) mass is 262 g/mol. The van der Waals surface area contributed by atoms with E-state index in [0.29, 0.717) is 0 Å². The van der Waals surface area contributed by atoms with E-state index in [1.165, 1.54) is 25.3 Å². The van der Waals surface area contributed by atoms with Crippen LogP contribution in [0.2, 0.25) is 0 Å². The molecule has 2 heterocycles. The molecule has 2 rings (SSSR count). The standard InChI is InChI=1S/C15H22N2O2/c1-2-5-12-6-4-10-17(11-8-12)15(19)14-13(18)7-3-9-16-14/h3,7,9,12,18H,2,4-6,8,10-11H2,1H3. The third-order valence-corrected chi connectivity index (χ3v) is 3.82. The maximum absolute atomic E-state index is 12.3. The molecule has 0 aliphatic carbocycles. The van der Waals surface area contributed by atoms with Crippen molar-refractivity contribution in [2.45, 2.75) is 39.0 Å². The first kappa shape index (κ1) is 13.8. The summed E-state index contributed by atoms with van der Waals surface area (Å²) in [7, 11) is 0. The van der Waals surface area contributed by atoms with Crippen LogP contribution in [0, 0.1) is 5.92 Å². The van der Waals surface area contributed by atoms with Gasteiger partial charge < -0.3 is 10.0 Å². The fraction of sp³-hybridized carbons (Fsp3) is 0.600. The fourth-order valence-corrected chi connectivity index (χ4v) is 2.78. The highest BCUT2D eigenvalue weighted by atomic mass is 16.3. The van der Waals surface area contributed by atoms with Gasteiger partial charge in [0.05, 0.1) is 0 Å². The quantitative estimate of drug-likeness (QED) is 0.911. The molecule has 0 saturated carbocycles. The zero-order valence-electron chi connectivity index (χ0n) is 11.5. The first-order valence-electron chi connectivity index (χ1n) is 7.15. The average molecular weight is 262 g/mol. The van der Waals surface area contributed by atoms with Crippen molar-refractivity contribution in [3.05, 3.63) is 24.0 Å². The Balaban J connectivity index is 2.02. The van der Waals surface area contributed by atoms with Crippen LogP contribution in [-0.4, -0.2) is 34.0 Å². The molecular formula is C15H22N2O2. The van der Waals surface area contributed by atoms with E-state index in [-0.39, 0.29) is 17.4 Å².